The van der Waals surface area contributed by atoms with Gasteiger partial charge in [0, 0.05) is 27.1 Å². The Hall–Kier alpha value is 0.340. The second kappa shape index (κ2) is 5.90. The van der Waals surface area contributed by atoms with Crippen LogP contribution in [0, 0.1) is 0 Å². The average molecular weight is 221 g/mol. The SMILES string of the molecule is CCc1ccc(CSCCCl)s1. The zero-order chi connectivity index (χ0) is 8.81. The zero-order valence-corrected chi connectivity index (χ0v) is 9.57. The molecule has 0 nitrogen and oxygen atoms in total. The number of hydrogen-bond acceptors (Lipinski definition) is 2. The quantitative estimate of drug-likeness (QED) is 0.538. The third kappa shape index (κ3) is 3.38. The van der Waals surface area contributed by atoms with Crippen molar-refractivity contribution in [1.29, 1.82) is 0 Å². The molecule has 0 aliphatic carbocycles. The molecule has 1 aromatic rings. The molecule has 0 aliphatic rings. The Bertz CT molecular complexity index is 220. The Labute approximate surface area is 87.3 Å². The van der Waals surface area contributed by atoms with Crippen molar-refractivity contribution < 1.29 is 0 Å². The first-order chi connectivity index (χ1) is 5.86. The average Bonchev–Trinajstić information content (AvgIpc) is 2.53. The van der Waals surface area contributed by atoms with Gasteiger partial charge in [0.25, 0.3) is 0 Å². The second-order valence-electron chi connectivity index (χ2n) is 2.46. The first-order valence-electron chi connectivity index (χ1n) is 4.08. The molecule has 1 aromatic heterocycles. The molecule has 0 saturated carbocycles. The van der Waals surface area contributed by atoms with E-state index in [0.717, 1.165) is 23.8 Å². The van der Waals surface area contributed by atoms with E-state index in [-0.39, 0.29) is 0 Å². The molecule has 3 heteroatoms. The van der Waals surface area contributed by atoms with Gasteiger partial charge >= 0.3 is 0 Å². The minimum Gasteiger partial charge on any atom is -0.155 e. The first kappa shape index (κ1) is 10.4. The van der Waals surface area contributed by atoms with Crippen LogP contribution in [-0.2, 0) is 12.2 Å². The largest absolute Gasteiger partial charge is 0.155 e. The monoisotopic (exact) mass is 220 g/mol. The highest BCUT2D eigenvalue weighted by molar-refractivity contribution is 7.98. The highest BCUT2D eigenvalue weighted by atomic mass is 35.5. The van der Waals surface area contributed by atoms with Gasteiger partial charge in [-0.3, -0.25) is 0 Å². The fourth-order valence-electron chi connectivity index (χ4n) is 0.917. The lowest BCUT2D eigenvalue weighted by Gasteiger charge is -1.94. The molecule has 0 atom stereocenters. The minimum atomic E-state index is 0.761. The van der Waals surface area contributed by atoms with Gasteiger partial charge in [-0.05, 0) is 18.6 Å². The molecule has 0 fully saturated rings. The van der Waals surface area contributed by atoms with Crippen LogP contribution in [0.4, 0.5) is 0 Å². The summed E-state index contributed by atoms with van der Waals surface area (Å²) in [5.74, 6) is 2.94. The molecular formula is C9H13ClS2. The Morgan fingerprint density at radius 2 is 2.17 bits per heavy atom. The van der Waals surface area contributed by atoms with E-state index in [1.165, 1.54) is 9.75 Å². The van der Waals surface area contributed by atoms with Crippen LogP contribution in [0.25, 0.3) is 0 Å². The maximum Gasteiger partial charge on any atom is 0.0314 e. The summed E-state index contributed by atoms with van der Waals surface area (Å²) in [5, 5.41) is 0. The summed E-state index contributed by atoms with van der Waals surface area (Å²) in [6, 6.07) is 4.45. The van der Waals surface area contributed by atoms with Crippen molar-refractivity contribution >= 4 is 34.7 Å². The maximum atomic E-state index is 5.58. The molecule has 1 heterocycles. The first-order valence-corrected chi connectivity index (χ1v) is 6.58. The van der Waals surface area contributed by atoms with Crippen molar-refractivity contribution in [2.24, 2.45) is 0 Å². The van der Waals surface area contributed by atoms with Crippen LogP contribution < -0.4 is 0 Å². The highest BCUT2D eigenvalue weighted by Crippen LogP contribution is 2.21. The van der Waals surface area contributed by atoms with E-state index in [1.807, 2.05) is 23.1 Å². The van der Waals surface area contributed by atoms with Crippen molar-refractivity contribution in [1.82, 2.24) is 0 Å². The summed E-state index contributed by atoms with van der Waals surface area (Å²) < 4.78 is 0. The van der Waals surface area contributed by atoms with Gasteiger partial charge < -0.3 is 0 Å². The van der Waals surface area contributed by atoms with Crippen molar-refractivity contribution in [3.05, 3.63) is 21.9 Å². The molecule has 68 valence electrons. The molecule has 0 radical (unpaired) electrons. The molecule has 12 heavy (non-hydrogen) atoms. The molecule has 0 saturated heterocycles. The van der Waals surface area contributed by atoms with Crippen LogP contribution in [0.3, 0.4) is 0 Å². The Kier molecular flexibility index (Phi) is 5.12. The third-order valence-corrected chi connectivity index (χ3v) is 4.36. The van der Waals surface area contributed by atoms with E-state index in [2.05, 4.69) is 19.1 Å². The van der Waals surface area contributed by atoms with E-state index in [1.54, 1.807) is 0 Å². The van der Waals surface area contributed by atoms with Gasteiger partial charge in [0.1, 0.15) is 0 Å². The lowest BCUT2D eigenvalue weighted by molar-refractivity contribution is 1.19. The number of thiophene rings is 1. The van der Waals surface area contributed by atoms with Crippen LogP contribution in [0.2, 0.25) is 0 Å². The summed E-state index contributed by atoms with van der Waals surface area (Å²) >= 11 is 9.41. The van der Waals surface area contributed by atoms with Gasteiger partial charge in [0.15, 0.2) is 0 Å². The summed E-state index contributed by atoms with van der Waals surface area (Å²) in [7, 11) is 0. The molecule has 0 aromatic carbocycles. The highest BCUT2D eigenvalue weighted by Gasteiger charge is 1.97. The molecule has 0 aliphatic heterocycles. The lowest BCUT2D eigenvalue weighted by Crippen LogP contribution is -1.79. The Morgan fingerprint density at radius 3 is 2.75 bits per heavy atom. The summed E-state index contributed by atoms with van der Waals surface area (Å²) in [5.41, 5.74) is 0. The normalized spacial score (nSPS) is 10.5. The summed E-state index contributed by atoms with van der Waals surface area (Å²) in [6.45, 7) is 2.20. The van der Waals surface area contributed by atoms with Crippen LogP contribution in [-0.4, -0.2) is 11.6 Å². The molecular weight excluding hydrogens is 208 g/mol. The van der Waals surface area contributed by atoms with Crippen molar-refractivity contribution in [3.63, 3.8) is 0 Å². The van der Waals surface area contributed by atoms with Crippen molar-refractivity contribution in [3.8, 4) is 0 Å². The number of hydrogen-bond donors (Lipinski definition) is 0. The number of aryl methyl sites for hydroxylation is 1. The summed E-state index contributed by atoms with van der Waals surface area (Å²) in [4.78, 5) is 2.96. The van der Waals surface area contributed by atoms with Gasteiger partial charge in [0.05, 0.1) is 0 Å². The molecule has 0 bridgehead atoms. The topological polar surface area (TPSA) is 0 Å². The van der Waals surface area contributed by atoms with E-state index in [9.17, 15) is 0 Å². The van der Waals surface area contributed by atoms with E-state index in [4.69, 9.17) is 11.6 Å². The van der Waals surface area contributed by atoms with Crippen LogP contribution in [0.1, 0.15) is 16.7 Å². The minimum absolute atomic E-state index is 0.761. The maximum absolute atomic E-state index is 5.58. The smallest absolute Gasteiger partial charge is 0.0314 e. The molecule has 0 unspecified atom stereocenters. The van der Waals surface area contributed by atoms with Gasteiger partial charge in [0.2, 0.25) is 0 Å². The van der Waals surface area contributed by atoms with E-state index < -0.39 is 0 Å². The van der Waals surface area contributed by atoms with Crippen LogP contribution >= 0.6 is 34.7 Å². The number of rotatable bonds is 5. The van der Waals surface area contributed by atoms with Gasteiger partial charge in [-0.1, -0.05) is 6.92 Å². The van der Waals surface area contributed by atoms with Gasteiger partial charge in [-0.25, -0.2) is 0 Å². The van der Waals surface area contributed by atoms with Gasteiger partial charge in [-0.15, -0.1) is 22.9 Å². The fraction of sp³-hybridized carbons (Fsp3) is 0.556. The Morgan fingerprint density at radius 1 is 1.42 bits per heavy atom. The number of halogens is 1. The number of thioether (sulfide) groups is 1. The lowest BCUT2D eigenvalue weighted by atomic mass is 10.4. The predicted octanol–water partition coefficient (Wildman–Crippen LogP) is 3.78. The predicted molar refractivity (Wildman–Crippen MR) is 60.6 cm³/mol. The second-order valence-corrected chi connectivity index (χ2v) is 5.20. The van der Waals surface area contributed by atoms with Crippen LogP contribution in [0.15, 0.2) is 12.1 Å². The number of alkyl halides is 1. The summed E-state index contributed by atoms with van der Waals surface area (Å²) in [6.07, 6.45) is 1.16. The molecule has 0 amide bonds. The molecule has 1 rings (SSSR count). The third-order valence-electron chi connectivity index (χ3n) is 1.53. The van der Waals surface area contributed by atoms with Crippen LogP contribution in [0.5, 0.6) is 0 Å². The fourth-order valence-corrected chi connectivity index (χ4v) is 3.03. The van der Waals surface area contributed by atoms with Gasteiger partial charge in [-0.2, -0.15) is 11.8 Å². The Balaban J connectivity index is 2.31. The zero-order valence-electron chi connectivity index (χ0n) is 7.18. The van der Waals surface area contributed by atoms with E-state index >= 15 is 0 Å². The molecule has 0 N–H and O–H groups in total. The molecule has 0 spiro atoms. The van der Waals surface area contributed by atoms with E-state index in [0.29, 0.717) is 0 Å². The van der Waals surface area contributed by atoms with Crippen molar-refractivity contribution in [2.45, 2.75) is 19.1 Å². The van der Waals surface area contributed by atoms with Crippen molar-refractivity contribution in [2.75, 3.05) is 11.6 Å². The standard InChI is InChI=1S/C9H13ClS2/c1-2-8-3-4-9(12-8)7-11-6-5-10/h3-4H,2,5-7H2,1H3.